The van der Waals surface area contributed by atoms with E-state index in [9.17, 15) is 8.78 Å². The first-order valence-corrected chi connectivity index (χ1v) is 11.2. The smallest absolute Gasteiger partial charge is 0.159 e. The number of nitriles is 1. The molecule has 0 unspecified atom stereocenters. The second kappa shape index (κ2) is 10.7. The Balaban J connectivity index is 1.28. The first-order chi connectivity index (χ1) is 13.7. The van der Waals surface area contributed by atoms with Crippen molar-refractivity contribution < 1.29 is 8.78 Å². The molecule has 2 saturated carbocycles. The standard InChI is InChI=1S/C25H33F2N/c26-24-16-15-23(18-25(24)27)22-13-11-20(12-14-22)5-2-1-4-19-7-9-21(10-8-19)6-3-17-28/h3,6,15-16,18-22H,1-2,4-5,7-14H2/b6-3+/t19-,20-,21-,22-. The summed E-state index contributed by atoms with van der Waals surface area (Å²) in [6, 6.07) is 6.52. The van der Waals surface area contributed by atoms with Crippen molar-refractivity contribution in [2.45, 2.75) is 83.0 Å². The van der Waals surface area contributed by atoms with E-state index < -0.39 is 11.6 Å². The van der Waals surface area contributed by atoms with Crippen molar-refractivity contribution in [2.75, 3.05) is 0 Å². The fourth-order valence-electron chi connectivity index (χ4n) is 5.27. The van der Waals surface area contributed by atoms with E-state index in [1.54, 1.807) is 12.1 Å². The third-order valence-corrected chi connectivity index (χ3v) is 7.07. The number of halogens is 2. The van der Waals surface area contributed by atoms with Gasteiger partial charge in [-0.1, -0.05) is 37.8 Å². The van der Waals surface area contributed by atoms with Gasteiger partial charge in [0.1, 0.15) is 0 Å². The van der Waals surface area contributed by atoms with Gasteiger partial charge in [0.05, 0.1) is 6.07 Å². The Morgan fingerprint density at radius 2 is 1.46 bits per heavy atom. The molecule has 0 atom stereocenters. The van der Waals surface area contributed by atoms with Crippen molar-refractivity contribution in [1.29, 1.82) is 5.26 Å². The molecule has 0 spiro atoms. The van der Waals surface area contributed by atoms with Crippen LogP contribution in [0.2, 0.25) is 0 Å². The molecule has 2 aliphatic carbocycles. The van der Waals surface area contributed by atoms with Crippen molar-refractivity contribution in [3.8, 4) is 6.07 Å². The summed E-state index contributed by atoms with van der Waals surface area (Å²) < 4.78 is 26.6. The summed E-state index contributed by atoms with van der Waals surface area (Å²) in [5, 5.41) is 8.63. The highest BCUT2D eigenvalue weighted by atomic mass is 19.2. The maximum Gasteiger partial charge on any atom is 0.159 e. The second-order valence-electron chi connectivity index (χ2n) is 8.94. The monoisotopic (exact) mass is 385 g/mol. The highest BCUT2D eigenvalue weighted by Crippen LogP contribution is 2.38. The second-order valence-corrected chi connectivity index (χ2v) is 8.94. The van der Waals surface area contributed by atoms with Crippen molar-refractivity contribution in [3.63, 3.8) is 0 Å². The fraction of sp³-hybridized carbons (Fsp3) is 0.640. The summed E-state index contributed by atoms with van der Waals surface area (Å²) in [5.74, 6) is 1.26. The first kappa shape index (κ1) is 21.0. The Kier molecular flexibility index (Phi) is 8.07. The summed E-state index contributed by atoms with van der Waals surface area (Å²) in [6.45, 7) is 0. The van der Waals surface area contributed by atoms with Gasteiger partial charge in [0.25, 0.3) is 0 Å². The molecule has 2 fully saturated rings. The van der Waals surface area contributed by atoms with Gasteiger partial charge >= 0.3 is 0 Å². The van der Waals surface area contributed by atoms with E-state index in [1.807, 2.05) is 0 Å². The van der Waals surface area contributed by atoms with Crippen molar-refractivity contribution in [2.24, 2.45) is 17.8 Å². The number of benzene rings is 1. The van der Waals surface area contributed by atoms with Gasteiger partial charge in [0, 0.05) is 6.08 Å². The zero-order chi connectivity index (χ0) is 19.8. The number of rotatable bonds is 7. The first-order valence-electron chi connectivity index (χ1n) is 11.2. The van der Waals surface area contributed by atoms with E-state index in [-0.39, 0.29) is 0 Å². The Labute approximate surface area is 168 Å². The molecule has 3 heteroatoms. The molecule has 1 aromatic carbocycles. The minimum atomic E-state index is -0.746. The minimum absolute atomic E-state index is 0.400. The number of nitrogens with zero attached hydrogens (tertiary/aromatic N) is 1. The maximum absolute atomic E-state index is 13.5. The summed E-state index contributed by atoms with van der Waals surface area (Å²) in [5.41, 5.74) is 0.970. The van der Waals surface area contributed by atoms with Crippen LogP contribution in [0.15, 0.2) is 30.4 Å². The Bertz CT molecular complexity index is 674. The van der Waals surface area contributed by atoms with E-state index >= 15 is 0 Å². The number of hydrogen-bond donors (Lipinski definition) is 0. The average molecular weight is 386 g/mol. The average Bonchev–Trinajstić information content (AvgIpc) is 2.73. The molecule has 0 radical (unpaired) electrons. The molecular weight excluding hydrogens is 352 g/mol. The lowest BCUT2D eigenvalue weighted by molar-refractivity contribution is 0.273. The normalized spacial score (nSPS) is 28.3. The Hall–Kier alpha value is -1.69. The highest BCUT2D eigenvalue weighted by molar-refractivity contribution is 5.22. The van der Waals surface area contributed by atoms with Gasteiger partial charge < -0.3 is 0 Å². The van der Waals surface area contributed by atoms with Gasteiger partial charge in [-0.05, 0) is 92.7 Å². The molecule has 0 saturated heterocycles. The summed E-state index contributed by atoms with van der Waals surface area (Å²) in [4.78, 5) is 0. The largest absolute Gasteiger partial charge is 0.204 e. The van der Waals surface area contributed by atoms with E-state index in [1.165, 1.54) is 76.3 Å². The van der Waals surface area contributed by atoms with Crippen LogP contribution in [0.25, 0.3) is 0 Å². The zero-order valence-electron chi connectivity index (χ0n) is 16.9. The molecule has 2 aliphatic rings. The van der Waals surface area contributed by atoms with Gasteiger partial charge in [-0.3, -0.25) is 0 Å². The van der Waals surface area contributed by atoms with Gasteiger partial charge in [-0.25, -0.2) is 8.78 Å². The molecule has 0 N–H and O–H groups in total. The van der Waals surface area contributed by atoms with Gasteiger partial charge in [-0.15, -0.1) is 0 Å². The topological polar surface area (TPSA) is 23.8 Å². The van der Waals surface area contributed by atoms with E-state index in [0.717, 1.165) is 30.2 Å². The van der Waals surface area contributed by atoms with Crippen LogP contribution in [0.5, 0.6) is 0 Å². The number of unbranched alkanes of at least 4 members (excludes halogenated alkanes) is 1. The van der Waals surface area contributed by atoms with E-state index in [0.29, 0.717) is 11.8 Å². The summed E-state index contributed by atoms with van der Waals surface area (Å²) in [6.07, 6.45) is 18.9. The summed E-state index contributed by atoms with van der Waals surface area (Å²) in [7, 11) is 0. The van der Waals surface area contributed by atoms with Gasteiger partial charge in [0.15, 0.2) is 11.6 Å². The lowest BCUT2D eigenvalue weighted by Crippen LogP contribution is -2.14. The maximum atomic E-state index is 13.5. The number of hydrogen-bond acceptors (Lipinski definition) is 1. The van der Waals surface area contributed by atoms with Crippen molar-refractivity contribution in [3.05, 3.63) is 47.5 Å². The molecule has 0 aliphatic heterocycles. The fourth-order valence-corrected chi connectivity index (χ4v) is 5.27. The van der Waals surface area contributed by atoms with Gasteiger partial charge in [0.2, 0.25) is 0 Å². The van der Waals surface area contributed by atoms with Crippen molar-refractivity contribution in [1.82, 2.24) is 0 Å². The third kappa shape index (κ3) is 6.16. The lowest BCUT2D eigenvalue weighted by Gasteiger charge is -2.29. The quantitative estimate of drug-likeness (QED) is 0.349. The van der Waals surface area contributed by atoms with Crippen LogP contribution >= 0.6 is 0 Å². The van der Waals surface area contributed by atoms with Gasteiger partial charge in [-0.2, -0.15) is 5.26 Å². The van der Waals surface area contributed by atoms with Crippen LogP contribution in [-0.4, -0.2) is 0 Å². The van der Waals surface area contributed by atoms with E-state index in [2.05, 4.69) is 12.1 Å². The van der Waals surface area contributed by atoms with E-state index in [4.69, 9.17) is 5.26 Å². The molecule has 152 valence electrons. The molecule has 0 aromatic heterocycles. The zero-order valence-corrected chi connectivity index (χ0v) is 16.9. The molecule has 1 aromatic rings. The Morgan fingerprint density at radius 3 is 2.04 bits per heavy atom. The van der Waals surface area contributed by atoms with Crippen LogP contribution in [0.3, 0.4) is 0 Å². The molecule has 0 bridgehead atoms. The molecule has 28 heavy (non-hydrogen) atoms. The molecule has 0 amide bonds. The molecule has 3 rings (SSSR count). The van der Waals surface area contributed by atoms with Crippen LogP contribution in [-0.2, 0) is 0 Å². The molecule has 0 heterocycles. The predicted molar refractivity (Wildman–Crippen MR) is 110 cm³/mol. The van der Waals surface area contributed by atoms with Crippen LogP contribution in [0, 0.1) is 40.7 Å². The minimum Gasteiger partial charge on any atom is -0.204 e. The van der Waals surface area contributed by atoms with Crippen molar-refractivity contribution >= 4 is 0 Å². The predicted octanol–water partition coefficient (Wildman–Crippen LogP) is 7.69. The number of allylic oxidation sites excluding steroid dienone is 2. The van der Waals surface area contributed by atoms with Crippen LogP contribution in [0.4, 0.5) is 8.78 Å². The van der Waals surface area contributed by atoms with Crippen LogP contribution in [0.1, 0.15) is 88.5 Å². The van der Waals surface area contributed by atoms with Crippen LogP contribution < -0.4 is 0 Å². The summed E-state index contributed by atoms with van der Waals surface area (Å²) >= 11 is 0. The molecular formula is C25H33F2N. The Morgan fingerprint density at radius 1 is 0.857 bits per heavy atom. The highest BCUT2D eigenvalue weighted by Gasteiger charge is 2.23. The SMILES string of the molecule is N#C/C=C/[C@H]1CC[C@H](CCCC[C@H]2CC[C@H](c3ccc(F)c(F)c3)CC2)CC1. The lowest BCUT2D eigenvalue weighted by atomic mass is 9.76. The third-order valence-electron chi connectivity index (χ3n) is 7.07. The molecule has 1 nitrogen and oxygen atoms in total.